The number of para-hydroxylation sites is 1. The smallest absolute Gasteiger partial charge is 0.281 e. The van der Waals surface area contributed by atoms with Crippen LogP contribution in [0.2, 0.25) is 0 Å². The third kappa shape index (κ3) is 3.39. The number of fused-ring (bicyclic) bond motifs is 1. The molecule has 0 radical (unpaired) electrons. The largest absolute Gasteiger partial charge is 0.378 e. The molecule has 0 amide bonds. The first-order valence-electron chi connectivity index (χ1n) is 9.49. The lowest BCUT2D eigenvalue weighted by Crippen LogP contribution is -2.36. The van der Waals surface area contributed by atoms with Crippen molar-refractivity contribution in [3.05, 3.63) is 75.0 Å². The number of aromatic nitrogens is 3. The molecule has 146 valence electrons. The second kappa shape index (κ2) is 7.35. The first kappa shape index (κ1) is 17.9. The predicted molar refractivity (Wildman–Crippen MR) is 117 cm³/mol. The monoisotopic (exact) mass is 404 g/mol. The molecule has 1 fully saturated rings. The molecule has 1 aliphatic heterocycles. The normalized spacial score (nSPS) is 15.3. The number of H-pyrrole nitrogens is 1. The van der Waals surface area contributed by atoms with Gasteiger partial charge in [0.15, 0.2) is 0 Å². The molecule has 0 spiro atoms. The zero-order valence-corrected chi connectivity index (χ0v) is 16.6. The summed E-state index contributed by atoms with van der Waals surface area (Å²) in [5.74, 6) is 0. The molecule has 0 unspecified atom stereocenters. The lowest BCUT2D eigenvalue weighted by molar-refractivity contribution is 0.122. The van der Waals surface area contributed by atoms with Gasteiger partial charge < -0.3 is 9.64 Å². The Bertz CT molecular complexity index is 1290. The van der Waals surface area contributed by atoms with Crippen molar-refractivity contribution < 1.29 is 4.74 Å². The first-order chi connectivity index (χ1) is 14.2. The summed E-state index contributed by atoms with van der Waals surface area (Å²) in [5.41, 5.74) is 2.86. The maximum absolute atomic E-state index is 13.0. The van der Waals surface area contributed by atoms with Crippen molar-refractivity contribution in [2.75, 3.05) is 31.2 Å². The maximum Gasteiger partial charge on any atom is 0.281 e. The van der Waals surface area contributed by atoms with Crippen molar-refractivity contribution >= 4 is 39.9 Å². The molecule has 7 heteroatoms. The van der Waals surface area contributed by atoms with Crippen LogP contribution in [0, 0.1) is 0 Å². The van der Waals surface area contributed by atoms with E-state index in [0.717, 1.165) is 42.1 Å². The average Bonchev–Trinajstić information content (AvgIpc) is 3.31. The topological polar surface area (TPSA) is 63.2 Å². The van der Waals surface area contributed by atoms with Gasteiger partial charge in [-0.15, -0.1) is 0 Å². The Balaban J connectivity index is 1.50. The summed E-state index contributed by atoms with van der Waals surface area (Å²) in [5, 5.41) is 4.80. The van der Waals surface area contributed by atoms with Gasteiger partial charge in [-0.25, -0.2) is 4.98 Å². The van der Waals surface area contributed by atoms with E-state index in [1.54, 1.807) is 0 Å². The quantitative estimate of drug-likeness (QED) is 0.566. The van der Waals surface area contributed by atoms with Crippen LogP contribution >= 0.6 is 11.3 Å². The fraction of sp³-hybridized carbons (Fsp3) is 0.182. The highest BCUT2D eigenvalue weighted by Gasteiger charge is 2.12. The van der Waals surface area contributed by atoms with Crippen LogP contribution in [0.1, 0.15) is 5.56 Å². The lowest BCUT2D eigenvalue weighted by atomic mass is 10.1. The summed E-state index contributed by atoms with van der Waals surface area (Å²) >= 11 is 1.47. The van der Waals surface area contributed by atoms with Gasteiger partial charge >= 0.3 is 0 Å². The van der Waals surface area contributed by atoms with Crippen LogP contribution in [0.15, 0.2) is 53.3 Å². The molecule has 1 aliphatic rings. The minimum atomic E-state index is -0.147. The van der Waals surface area contributed by atoms with Gasteiger partial charge in [-0.3, -0.25) is 9.89 Å². The number of anilines is 1. The number of nitrogens with one attached hydrogen (secondary N) is 1. The number of benzene rings is 2. The molecule has 5 rings (SSSR count). The summed E-state index contributed by atoms with van der Waals surface area (Å²) in [6.07, 6.45) is 1.87. The standard InChI is InChI=1S/C22H20N4O2S/c1-15-18(14-16-6-8-17(9-7-16)25-10-12-28-13-11-25)21(27)26(24-15)22-23-19-4-2-3-5-20(19)29-22/h2-9,14,24H,1,10-13H2/b18-14-. The van der Waals surface area contributed by atoms with Gasteiger partial charge in [0.25, 0.3) is 5.56 Å². The fourth-order valence-corrected chi connectivity index (χ4v) is 4.43. The molecule has 29 heavy (non-hydrogen) atoms. The Kier molecular flexibility index (Phi) is 4.54. The molecule has 4 aromatic rings. The number of hydrogen-bond acceptors (Lipinski definition) is 5. The molecule has 3 heterocycles. The first-order valence-corrected chi connectivity index (χ1v) is 10.3. The number of nitrogens with zero attached hydrogens (tertiary/aromatic N) is 3. The van der Waals surface area contributed by atoms with Crippen molar-refractivity contribution in [3.8, 4) is 5.13 Å². The van der Waals surface area contributed by atoms with Crippen LogP contribution in [0.3, 0.4) is 0 Å². The SMILES string of the molecule is C=c1[nH]n(-c2nc3ccccc3s2)c(=O)/c1=C\c1ccc(N2CCOCC2)cc1. The number of rotatable bonds is 3. The average molecular weight is 404 g/mol. The van der Waals surface area contributed by atoms with E-state index in [9.17, 15) is 4.79 Å². The zero-order chi connectivity index (χ0) is 19.8. The second-order valence-corrected chi connectivity index (χ2v) is 7.95. The minimum absolute atomic E-state index is 0.147. The van der Waals surface area contributed by atoms with Crippen LogP contribution in [0.5, 0.6) is 0 Å². The summed E-state index contributed by atoms with van der Waals surface area (Å²) in [6, 6.07) is 16.1. The predicted octanol–water partition coefficient (Wildman–Crippen LogP) is 1.85. The van der Waals surface area contributed by atoms with Gasteiger partial charge in [-0.2, -0.15) is 4.68 Å². The Hall–Kier alpha value is -3.16. The van der Waals surface area contributed by atoms with Crippen molar-refractivity contribution in [1.29, 1.82) is 0 Å². The van der Waals surface area contributed by atoms with Gasteiger partial charge in [0.1, 0.15) is 0 Å². The molecular formula is C22H20N4O2S. The molecule has 6 nitrogen and oxygen atoms in total. The number of ether oxygens (including phenoxy) is 1. The molecule has 2 aromatic carbocycles. The lowest BCUT2D eigenvalue weighted by Gasteiger charge is -2.28. The number of aromatic amines is 1. The number of thiazole rings is 1. The van der Waals surface area contributed by atoms with E-state index in [1.807, 2.05) is 42.5 Å². The zero-order valence-electron chi connectivity index (χ0n) is 15.8. The molecule has 1 N–H and O–H groups in total. The van der Waals surface area contributed by atoms with Crippen molar-refractivity contribution in [2.45, 2.75) is 0 Å². The molecule has 0 atom stereocenters. The van der Waals surface area contributed by atoms with E-state index in [1.165, 1.54) is 21.7 Å². The van der Waals surface area contributed by atoms with Crippen LogP contribution in [0.25, 0.3) is 28.0 Å². The summed E-state index contributed by atoms with van der Waals surface area (Å²) in [6.45, 7) is 7.33. The van der Waals surface area contributed by atoms with Crippen molar-refractivity contribution in [3.63, 3.8) is 0 Å². The molecule has 2 aromatic heterocycles. The van der Waals surface area contributed by atoms with E-state index in [-0.39, 0.29) is 5.56 Å². The van der Waals surface area contributed by atoms with Gasteiger partial charge in [0, 0.05) is 18.8 Å². The highest BCUT2D eigenvalue weighted by molar-refractivity contribution is 7.20. The van der Waals surface area contributed by atoms with E-state index in [2.05, 4.69) is 33.7 Å². The van der Waals surface area contributed by atoms with Gasteiger partial charge in [0.05, 0.1) is 34.0 Å². The Labute approximate surface area is 171 Å². The minimum Gasteiger partial charge on any atom is -0.378 e. The molecule has 0 aliphatic carbocycles. The third-order valence-corrected chi connectivity index (χ3v) is 6.08. The van der Waals surface area contributed by atoms with Gasteiger partial charge in [-0.05, 0) is 35.9 Å². The summed E-state index contributed by atoms with van der Waals surface area (Å²) in [4.78, 5) is 19.9. The summed E-state index contributed by atoms with van der Waals surface area (Å²) < 4.78 is 7.92. The van der Waals surface area contributed by atoms with Crippen molar-refractivity contribution in [1.82, 2.24) is 14.8 Å². The van der Waals surface area contributed by atoms with Crippen LogP contribution in [-0.2, 0) is 4.74 Å². The Morgan fingerprint density at radius 3 is 2.62 bits per heavy atom. The number of hydrogen-bond donors (Lipinski definition) is 1. The fourth-order valence-electron chi connectivity index (χ4n) is 3.50. The van der Waals surface area contributed by atoms with Crippen LogP contribution in [0.4, 0.5) is 5.69 Å². The highest BCUT2D eigenvalue weighted by Crippen LogP contribution is 2.22. The second-order valence-electron chi connectivity index (χ2n) is 6.94. The Morgan fingerprint density at radius 1 is 1.10 bits per heavy atom. The van der Waals surface area contributed by atoms with E-state index in [4.69, 9.17) is 4.74 Å². The molecule has 0 bridgehead atoms. The molecule has 0 saturated carbocycles. The van der Waals surface area contributed by atoms with Gasteiger partial charge in [-0.1, -0.05) is 42.2 Å². The van der Waals surface area contributed by atoms with Crippen molar-refractivity contribution in [2.24, 2.45) is 0 Å². The maximum atomic E-state index is 13.0. The van der Waals surface area contributed by atoms with E-state index >= 15 is 0 Å². The van der Waals surface area contributed by atoms with Gasteiger partial charge in [0.2, 0.25) is 5.13 Å². The molecule has 1 saturated heterocycles. The Morgan fingerprint density at radius 2 is 1.86 bits per heavy atom. The van der Waals surface area contributed by atoms with Crippen LogP contribution < -0.4 is 21.0 Å². The van der Waals surface area contributed by atoms with Crippen LogP contribution in [-0.4, -0.2) is 41.1 Å². The summed E-state index contributed by atoms with van der Waals surface area (Å²) in [7, 11) is 0. The highest BCUT2D eigenvalue weighted by atomic mass is 32.1. The van der Waals surface area contributed by atoms with E-state index < -0.39 is 0 Å². The molecular weight excluding hydrogens is 384 g/mol. The van der Waals surface area contributed by atoms with E-state index in [0.29, 0.717) is 15.7 Å². The third-order valence-electron chi connectivity index (χ3n) is 5.06. The number of morpholine rings is 1.